The Hall–Kier alpha value is -3.05. The van der Waals surface area contributed by atoms with Crippen LogP contribution in [-0.2, 0) is 20.7 Å². The van der Waals surface area contributed by atoms with E-state index in [9.17, 15) is 14.4 Å². The van der Waals surface area contributed by atoms with Crippen LogP contribution in [0, 0.1) is 6.92 Å². The van der Waals surface area contributed by atoms with Crippen molar-refractivity contribution in [2.24, 2.45) is 0 Å². The Morgan fingerprint density at radius 1 is 1.12 bits per heavy atom. The normalized spacial score (nSPS) is 14.5. The number of amides is 2. The van der Waals surface area contributed by atoms with E-state index in [1.807, 2.05) is 23.3 Å². The van der Waals surface area contributed by atoms with Crippen LogP contribution in [-0.4, -0.2) is 72.0 Å². The van der Waals surface area contributed by atoms with Gasteiger partial charge in [-0.2, -0.15) is 0 Å². The Morgan fingerprint density at radius 3 is 2.62 bits per heavy atom. The first-order valence-corrected chi connectivity index (χ1v) is 11.4. The Labute approximate surface area is 190 Å². The molecule has 0 radical (unpaired) electrons. The van der Waals surface area contributed by atoms with E-state index < -0.39 is 0 Å². The molecule has 3 heterocycles. The van der Waals surface area contributed by atoms with Crippen LogP contribution in [0.1, 0.15) is 34.4 Å². The molecule has 1 aliphatic rings. The third kappa shape index (κ3) is 6.99. The number of nitrogens with zero attached hydrogens (tertiary/aromatic N) is 4. The predicted octanol–water partition coefficient (Wildman–Crippen LogP) is 0.925. The van der Waals surface area contributed by atoms with Crippen LogP contribution >= 0.6 is 11.3 Å². The molecule has 2 aromatic rings. The summed E-state index contributed by atoms with van der Waals surface area (Å²) in [5.41, 5.74) is 6.22. The Balaban J connectivity index is 1.42. The summed E-state index contributed by atoms with van der Waals surface area (Å²) in [6.07, 6.45) is 2.53. The lowest BCUT2D eigenvalue weighted by atomic mass is 10.2. The second-order valence-corrected chi connectivity index (χ2v) is 8.34. The number of hydrazine groups is 1. The molecule has 2 N–H and O–H groups in total. The topological polar surface area (TPSA) is 117 Å². The van der Waals surface area contributed by atoms with Gasteiger partial charge in [0.2, 0.25) is 5.91 Å². The molecule has 1 saturated heterocycles. The first-order valence-electron chi connectivity index (χ1n) is 10.5. The first kappa shape index (κ1) is 23.6. The quantitative estimate of drug-likeness (QED) is 0.463. The molecule has 10 nitrogen and oxygen atoms in total. The van der Waals surface area contributed by atoms with E-state index in [2.05, 4.69) is 25.7 Å². The number of aryl methyl sites for hydroxylation is 1. The molecule has 172 valence electrons. The number of anilines is 1. The summed E-state index contributed by atoms with van der Waals surface area (Å²) < 4.78 is 4.98. The molecule has 1 fully saturated rings. The minimum absolute atomic E-state index is 0.138. The highest BCUT2D eigenvalue weighted by Gasteiger charge is 2.19. The molecule has 1 aliphatic heterocycles. The van der Waals surface area contributed by atoms with Crippen LogP contribution in [0.15, 0.2) is 23.7 Å². The average Bonchev–Trinajstić information content (AvgIpc) is 3.04. The van der Waals surface area contributed by atoms with Gasteiger partial charge < -0.3 is 9.64 Å². The Bertz CT molecular complexity index is 933. The number of hydrogen-bond donors (Lipinski definition) is 2. The highest BCUT2D eigenvalue weighted by atomic mass is 32.1. The third-order valence-electron chi connectivity index (χ3n) is 4.86. The second kappa shape index (κ2) is 11.5. The highest BCUT2D eigenvalue weighted by Crippen LogP contribution is 2.15. The first-order chi connectivity index (χ1) is 15.4. The molecule has 3 rings (SSSR count). The van der Waals surface area contributed by atoms with E-state index in [4.69, 9.17) is 4.74 Å². The van der Waals surface area contributed by atoms with Gasteiger partial charge in [-0.3, -0.25) is 25.3 Å². The molecule has 0 aromatic carbocycles. The third-order valence-corrected chi connectivity index (χ3v) is 5.83. The molecule has 0 atom stereocenters. The number of hydrogen-bond acceptors (Lipinski definition) is 9. The van der Waals surface area contributed by atoms with Crippen LogP contribution in [0.5, 0.6) is 0 Å². The largest absolute Gasteiger partial charge is 0.462 e. The van der Waals surface area contributed by atoms with E-state index in [0.717, 1.165) is 31.0 Å². The summed E-state index contributed by atoms with van der Waals surface area (Å²) in [7, 11) is 0. The number of aromatic nitrogens is 2. The summed E-state index contributed by atoms with van der Waals surface area (Å²) in [6, 6.07) is 3.53. The molecule has 0 bridgehead atoms. The zero-order valence-corrected chi connectivity index (χ0v) is 19.1. The smallest absolute Gasteiger partial charge is 0.339 e. The van der Waals surface area contributed by atoms with Crippen molar-refractivity contribution < 1.29 is 19.1 Å². The van der Waals surface area contributed by atoms with Gasteiger partial charge in [0.25, 0.3) is 5.91 Å². The van der Waals surface area contributed by atoms with Crippen molar-refractivity contribution in [3.8, 4) is 0 Å². The van der Waals surface area contributed by atoms with Crippen molar-refractivity contribution in [2.45, 2.75) is 26.7 Å². The van der Waals surface area contributed by atoms with Gasteiger partial charge in [-0.05, 0) is 32.4 Å². The summed E-state index contributed by atoms with van der Waals surface area (Å²) in [5, 5.41) is 2.60. The number of nitrogens with one attached hydrogen (secondary N) is 2. The van der Waals surface area contributed by atoms with Gasteiger partial charge in [-0.25, -0.2) is 14.8 Å². The Morgan fingerprint density at radius 2 is 1.94 bits per heavy atom. The number of esters is 1. The lowest BCUT2D eigenvalue weighted by molar-refractivity contribution is -0.129. The highest BCUT2D eigenvalue weighted by molar-refractivity contribution is 7.09. The molecule has 0 aliphatic carbocycles. The van der Waals surface area contributed by atoms with Gasteiger partial charge in [-0.1, -0.05) is 0 Å². The van der Waals surface area contributed by atoms with Crippen LogP contribution in [0.25, 0.3) is 0 Å². The van der Waals surface area contributed by atoms with E-state index in [1.54, 1.807) is 13.0 Å². The molecule has 0 saturated carbocycles. The van der Waals surface area contributed by atoms with E-state index in [1.165, 1.54) is 17.5 Å². The van der Waals surface area contributed by atoms with Crippen molar-refractivity contribution >= 4 is 34.9 Å². The van der Waals surface area contributed by atoms with Gasteiger partial charge in [0.05, 0.1) is 25.1 Å². The Kier molecular flexibility index (Phi) is 8.51. The summed E-state index contributed by atoms with van der Waals surface area (Å²) in [6.45, 7) is 7.10. The fraction of sp³-hybridized carbons (Fsp3) is 0.476. The fourth-order valence-corrected chi connectivity index (χ4v) is 4.08. The van der Waals surface area contributed by atoms with Crippen LogP contribution in [0.2, 0.25) is 0 Å². The zero-order valence-electron chi connectivity index (χ0n) is 18.3. The van der Waals surface area contributed by atoms with Gasteiger partial charge in [0.15, 0.2) is 0 Å². The van der Waals surface area contributed by atoms with Crippen LogP contribution in [0.4, 0.5) is 5.82 Å². The lowest BCUT2D eigenvalue weighted by Crippen LogP contribution is -2.47. The number of rotatable bonds is 7. The van der Waals surface area contributed by atoms with Crippen molar-refractivity contribution in [1.82, 2.24) is 25.7 Å². The van der Waals surface area contributed by atoms with Crippen LogP contribution in [0.3, 0.4) is 0 Å². The maximum absolute atomic E-state index is 12.2. The number of carbonyl (C=O) groups is 3. The SMILES string of the molecule is CCOC(=O)c1ccc(N2CCCN(CC(=O)NNC(=O)Cc3nc(C)cs3)CC2)nc1. The second-order valence-electron chi connectivity index (χ2n) is 7.40. The number of ether oxygens (including phenoxy) is 1. The summed E-state index contributed by atoms with van der Waals surface area (Å²) in [4.78, 5) is 48.8. The molecule has 2 aromatic heterocycles. The van der Waals surface area contributed by atoms with Gasteiger partial charge in [0.1, 0.15) is 10.8 Å². The minimum Gasteiger partial charge on any atom is -0.462 e. The molecule has 11 heteroatoms. The average molecular weight is 461 g/mol. The number of thiazole rings is 1. The lowest BCUT2D eigenvalue weighted by Gasteiger charge is -2.22. The maximum Gasteiger partial charge on any atom is 0.339 e. The molecular formula is C21H28N6O4S. The molecule has 0 unspecified atom stereocenters. The van der Waals surface area contributed by atoms with Crippen molar-refractivity contribution in [3.05, 3.63) is 40.0 Å². The maximum atomic E-state index is 12.2. The zero-order chi connectivity index (χ0) is 22.9. The predicted molar refractivity (Wildman–Crippen MR) is 120 cm³/mol. The number of pyridine rings is 1. The van der Waals surface area contributed by atoms with Crippen molar-refractivity contribution in [3.63, 3.8) is 0 Å². The molecular weight excluding hydrogens is 432 g/mol. The minimum atomic E-state index is -0.381. The van der Waals surface area contributed by atoms with Gasteiger partial charge in [-0.15, -0.1) is 11.3 Å². The van der Waals surface area contributed by atoms with E-state index >= 15 is 0 Å². The standard InChI is InChI=1S/C21H28N6O4S/c1-3-31-21(30)16-5-6-17(22-12-16)27-8-4-7-26(9-10-27)13-19(29)25-24-18(28)11-20-23-15(2)14-32-20/h5-6,12,14H,3-4,7-11,13H2,1-2H3,(H,24,28)(H,25,29). The van der Waals surface area contributed by atoms with Gasteiger partial charge in [0, 0.05) is 43.4 Å². The fourth-order valence-electron chi connectivity index (χ4n) is 3.31. The summed E-state index contributed by atoms with van der Waals surface area (Å²) in [5.74, 6) is -0.159. The monoisotopic (exact) mass is 460 g/mol. The van der Waals surface area contributed by atoms with E-state index in [-0.39, 0.29) is 30.7 Å². The van der Waals surface area contributed by atoms with Crippen molar-refractivity contribution in [2.75, 3.05) is 44.2 Å². The molecule has 32 heavy (non-hydrogen) atoms. The molecule has 2 amide bonds. The summed E-state index contributed by atoms with van der Waals surface area (Å²) >= 11 is 1.42. The molecule has 0 spiro atoms. The number of carbonyl (C=O) groups excluding carboxylic acids is 3. The van der Waals surface area contributed by atoms with Crippen molar-refractivity contribution in [1.29, 1.82) is 0 Å². The van der Waals surface area contributed by atoms with Crippen LogP contribution < -0.4 is 15.8 Å². The van der Waals surface area contributed by atoms with Gasteiger partial charge >= 0.3 is 5.97 Å². The van der Waals surface area contributed by atoms with E-state index in [0.29, 0.717) is 30.3 Å².